The Balaban J connectivity index is 1.70. The maximum Gasteiger partial charge on any atom is 0.133 e. The molecule has 2 N–H and O–H groups in total. The number of nitrogens with zero attached hydrogens (tertiary/aromatic N) is 1. The van der Waals surface area contributed by atoms with Crippen molar-refractivity contribution in [2.24, 2.45) is 5.73 Å². The van der Waals surface area contributed by atoms with Crippen molar-refractivity contribution in [3.63, 3.8) is 0 Å². The zero-order valence-electron chi connectivity index (χ0n) is 12.5. The van der Waals surface area contributed by atoms with Crippen LogP contribution in [0.25, 0.3) is 0 Å². The van der Waals surface area contributed by atoms with E-state index in [1.54, 1.807) is 6.26 Å². The number of hydroxylamine groups is 1. The van der Waals surface area contributed by atoms with Gasteiger partial charge in [-0.2, -0.15) is 0 Å². The minimum atomic E-state index is -0.00466. The lowest BCUT2D eigenvalue weighted by Crippen LogP contribution is -2.34. The molecule has 1 aliphatic heterocycles. The van der Waals surface area contributed by atoms with E-state index in [2.05, 4.69) is 12.1 Å². The Morgan fingerprint density at radius 3 is 2.86 bits per heavy atom. The van der Waals surface area contributed by atoms with Crippen LogP contribution in [0.15, 0.2) is 58.3 Å². The van der Waals surface area contributed by atoms with Crippen molar-refractivity contribution < 1.29 is 9.25 Å². The van der Waals surface area contributed by atoms with Crippen LogP contribution in [0.4, 0.5) is 5.69 Å². The fourth-order valence-electron chi connectivity index (χ4n) is 3.42. The predicted octanol–water partition coefficient (Wildman–Crippen LogP) is 4.06. The molecule has 4 heteroatoms. The summed E-state index contributed by atoms with van der Waals surface area (Å²) in [6.07, 6.45) is 6.15. The fourth-order valence-corrected chi connectivity index (χ4v) is 3.42. The summed E-state index contributed by atoms with van der Waals surface area (Å²) in [5, 5.41) is 1.98. The summed E-state index contributed by atoms with van der Waals surface area (Å²) >= 11 is 0. The van der Waals surface area contributed by atoms with E-state index in [-0.39, 0.29) is 6.04 Å². The lowest BCUT2D eigenvalue weighted by molar-refractivity contribution is 0.0918. The van der Waals surface area contributed by atoms with Crippen LogP contribution in [0.2, 0.25) is 0 Å². The first-order valence-corrected chi connectivity index (χ1v) is 7.86. The highest BCUT2D eigenvalue weighted by Crippen LogP contribution is 2.44. The maximum atomic E-state index is 6.50. The van der Waals surface area contributed by atoms with Crippen molar-refractivity contribution in [2.75, 3.05) is 5.06 Å². The van der Waals surface area contributed by atoms with Crippen LogP contribution < -0.4 is 10.8 Å². The van der Waals surface area contributed by atoms with E-state index in [9.17, 15) is 0 Å². The zero-order valence-corrected chi connectivity index (χ0v) is 12.5. The van der Waals surface area contributed by atoms with E-state index < -0.39 is 0 Å². The normalized spacial score (nSPS) is 20.8. The van der Waals surface area contributed by atoms with Gasteiger partial charge in [-0.25, -0.2) is 5.06 Å². The Morgan fingerprint density at radius 1 is 1.14 bits per heavy atom. The Hall–Kier alpha value is -2.04. The van der Waals surface area contributed by atoms with Crippen molar-refractivity contribution in [3.8, 4) is 0 Å². The van der Waals surface area contributed by atoms with Gasteiger partial charge in [-0.15, -0.1) is 0 Å². The molecule has 22 heavy (non-hydrogen) atoms. The fraction of sp³-hybridized carbons (Fsp3) is 0.333. The lowest BCUT2D eigenvalue weighted by atomic mass is 9.84. The van der Waals surface area contributed by atoms with Crippen molar-refractivity contribution >= 4 is 5.69 Å². The van der Waals surface area contributed by atoms with Crippen molar-refractivity contribution in [3.05, 3.63) is 65.3 Å². The van der Waals surface area contributed by atoms with Crippen molar-refractivity contribution in [2.45, 2.75) is 38.3 Å². The molecule has 0 bridgehead atoms. The number of furan rings is 1. The second-order valence-corrected chi connectivity index (χ2v) is 5.86. The molecule has 0 fully saturated rings. The van der Waals surface area contributed by atoms with E-state index in [1.807, 2.05) is 29.3 Å². The molecule has 1 atom stereocenters. The van der Waals surface area contributed by atoms with Crippen molar-refractivity contribution in [1.82, 2.24) is 0 Å². The van der Waals surface area contributed by atoms with Gasteiger partial charge in [0.2, 0.25) is 0 Å². The molecule has 0 saturated carbocycles. The SMILES string of the molecule is NC1C2=C(CCCC2)N(OCc2ccco2)c2ccccc21. The second kappa shape index (κ2) is 5.63. The Kier molecular flexibility index (Phi) is 3.48. The Labute approximate surface area is 130 Å². The van der Waals surface area contributed by atoms with E-state index in [0.29, 0.717) is 6.61 Å². The molecule has 4 rings (SSSR count). The van der Waals surface area contributed by atoms with Gasteiger partial charge in [-0.05, 0) is 55.0 Å². The first-order chi connectivity index (χ1) is 10.8. The number of benzene rings is 1. The number of rotatable bonds is 3. The summed E-state index contributed by atoms with van der Waals surface area (Å²) in [5.74, 6) is 0.824. The van der Waals surface area contributed by atoms with E-state index in [4.69, 9.17) is 15.0 Å². The molecule has 114 valence electrons. The molecule has 0 amide bonds. The first kappa shape index (κ1) is 13.6. The second-order valence-electron chi connectivity index (χ2n) is 5.86. The van der Waals surface area contributed by atoms with Gasteiger partial charge in [0.15, 0.2) is 0 Å². The molecule has 1 aromatic heterocycles. The van der Waals surface area contributed by atoms with Gasteiger partial charge >= 0.3 is 0 Å². The number of para-hydroxylation sites is 1. The Bertz CT molecular complexity index is 691. The number of hydrogen-bond acceptors (Lipinski definition) is 4. The third kappa shape index (κ3) is 2.25. The average Bonchev–Trinajstić information content (AvgIpc) is 3.08. The molecule has 2 aromatic rings. The maximum absolute atomic E-state index is 6.50. The number of nitrogens with two attached hydrogens (primary N) is 1. The summed E-state index contributed by atoms with van der Waals surface area (Å²) in [7, 11) is 0. The molecule has 0 radical (unpaired) electrons. The molecule has 0 spiro atoms. The monoisotopic (exact) mass is 296 g/mol. The third-order valence-corrected chi connectivity index (χ3v) is 4.51. The number of fused-ring (bicyclic) bond motifs is 1. The highest BCUT2D eigenvalue weighted by molar-refractivity contribution is 5.63. The average molecular weight is 296 g/mol. The number of hydrogen-bond donors (Lipinski definition) is 1. The molecular weight excluding hydrogens is 276 g/mol. The molecule has 1 aliphatic carbocycles. The van der Waals surface area contributed by atoms with Crippen LogP contribution >= 0.6 is 0 Å². The lowest BCUT2D eigenvalue weighted by Gasteiger charge is -2.39. The topological polar surface area (TPSA) is 51.6 Å². The van der Waals surface area contributed by atoms with Crippen LogP contribution in [-0.2, 0) is 11.4 Å². The quantitative estimate of drug-likeness (QED) is 0.928. The number of anilines is 1. The van der Waals surface area contributed by atoms with Crippen LogP contribution in [-0.4, -0.2) is 0 Å². The molecular formula is C18H20N2O2. The molecule has 2 aliphatic rings. The van der Waals surface area contributed by atoms with Gasteiger partial charge in [0.25, 0.3) is 0 Å². The molecule has 1 unspecified atom stereocenters. The summed E-state index contributed by atoms with van der Waals surface area (Å²) in [6.45, 7) is 0.424. The molecule has 2 heterocycles. The minimum Gasteiger partial charge on any atom is -0.467 e. The van der Waals surface area contributed by atoms with Gasteiger partial charge in [0.1, 0.15) is 12.4 Å². The molecule has 1 aromatic carbocycles. The Morgan fingerprint density at radius 2 is 2.00 bits per heavy atom. The van der Waals surface area contributed by atoms with Crippen LogP contribution in [0.3, 0.4) is 0 Å². The first-order valence-electron chi connectivity index (χ1n) is 7.86. The highest BCUT2D eigenvalue weighted by Gasteiger charge is 2.32. The largest absolute Gasteiger partial charge is 0.467 e. The highest BCUT2D eigenvalue weighted by atomic mass is 16.7. The van der Waals surface area contributed by atoms with Crippen LogP contribution in [0.1, 0.15) is 43.0 Å². The molecule has 0 saturated heterocycles. The van der Waals surface area contributed by atoms with Crippen molar-refractivity contribution in [1.29, 1.82) is 0 Å². The van der Waals surface area contributed by atoms with Gasteiger partial charge < -0.3 is 10.2 Å². The third-order valence-electron chi connectivity index (χ3n) is 4.51. The zero-order chi connectivity index (χ0) is 14.9. The summed E-state index contributed by atoms with van der Waals surface area (Å²) in [4.78, 5) is 6.10. The van der Waals surface area contributed by atoms with Gasteiger partial charge in [0.05, 0.1) is 18.0 Å². The number of allylic oxidation sites excluding steroid dienone is 1. The van der Waals surface area contributed by atoms with E-state index in [1.165, 1.54) is 24.1 Å². The van der Waals surface area contributed by atoms with Crippen LogP contribution in [0.5, 0.6) is 0 Å². The summed E-state index contributed by atoms with van der Waals surface area (Å²) in [5.41, 5.74) is 11.3. The summed E-state index contributed by atoms with van der Waals surface area (Å²) in [6, 6.07) is 12.1. The standard InChI is InChI=1S/C18H20N2O2/c19-18-14-7-1-3-9-16(14)20(17-10-4-2-8-15(17)18)22-12-13-6-5-11-21-13/h1,3,5-7,9,11,18H,2,4,8,10,12,19H2. The molecule has 4 nitrogen and oxygen atoms in total. The van der Waals surface area contributed by atoms with Gasteiger partial charge in [0, 0.05) is 5.70 Å². The van der Waals surface area contributed by atoms with Gasteiger partial charge in [-0.3, -0.25) is 4.84 Å². The predicted molar refractivity (Wildman–Crippen MR) is 84.8 cm³/mol. The van der Waals surface area contributed by atoms with Crippen LogP contribution in [0, 0.1) is 0 Å². The smallest absolute Gasteiger partial charge is 0.133 e. The van der Waals surface area contributed by atoms with E-state index in [0.717, 1.165) is 29.9 Å². The summed E-state index contributed by atoms with van der Waals surface area (Å²) < 4.78 is 5.38. The van der Waals surface area contributed by atoms with E-state index >= 15 is 0 Å². The minimum absolute atomic E-state index is 0.00466. The van der Waals surface area contributed by atoms with Gasteiger partial charge in [-0.1, -0.05) is 18.2 Å².